The molecule has 7 nitrogen and oxygen atoms in total. The summed E-state index contributed by atoms with van der Waals surface area (Å²) in [7, 11) is 1.80. The van der Waals surface area contributed by atoms with Crippen LogP contribution in [0.4, 0.5) is 11.4 Å². The first-order chi connectivity index (χ1) is 16.9. The smallest absolute Gasteiger partial charge is 0.335 e. The van der Waals surface area contributed by atoms with Gasteiger partial charge in [0, 0.05) is 43.6 Å². The Bertz CT molecular complexity index is 1300. The normalized spacial score (nSPS) is 16.3. The molecule has 178 valence electrons. The summed E-state index contributed by atoms with van der Waals surface area (Å²) in [6, 6.07) is 22.2. The van der Waals surface area contributed by atoms with Gasteiger partial charge < -0.3 is 20.2 Å². The summed E-state index contributed by atoms with van der Waals surface area (Å²) in [6.07, 6.45) is 1.37. The van der Waals surface area contributed by atoms with Gasteiger partial charge in [-0.1, -0.05) is 30.3 Å². The molecule has 1 spiro atoms. The second-order valence-corrected chi connectivity index (χ2v) is 9.19. The van der Waals surface area contributed by atoms with Crippen LogP contribution in [0.15, 0.2) is 72.8 Å². The summed E-state index contributed by atoms with van der Waals surface area (Å²) in [4.78, 5) is 41.6. The largest absolute Gasteiger partial charge is 0.478 e. The van der Waals surface area contributed by atoms with Gasteiger partial charge in [0.25, 0.3) is 5.91 Å². The number of hydrogen-bond acceptors (Lipinski definition) is 4. The van der Waals surface area contributed by atoms with Crippen LogP contribution in [-0.4, -0.2) is 43.0 Å². The van der Waals surface area contributed by atoms with Gasteiger partial charge in [0.15, 0.2) is 0 Å². The van der Waals surface area contributed by atoms with Crippen LogP contribution in [0.2, 0.25) is 0 Å². The lowest BCUT2D eigenvalue weighted by molar-refractivity contribution is -0.123. The highest BCUT2D eigenvalue weighted by Crippen LogP contribution is 2.48. The van der Waals surface area contributed by atoms with Gasteiger partial charge >= 0.3 is 5.97 Å². The van der Waals surface area contributed by atoms with Gasteiger partial charge in [0.1, 0.15) is 0 Å². The van der Waals surface area contributed by atoms with Gasteiger partial charge in [0.05, 0.1) is 11.0 Å². The zero-order chi connectivity index (χ0) is 24.6. The maximum absolute atomic E-state index is 13.4. The number of carboxylic acids is 1. The minimum absolute atomic E-state index is 0.0863. The van der Waals surface area contributed by atoms with Crippen molar-refractivity contribution < 1.29 is 19.5 Å². The van der Waals surface area contributed by atoms with Crippen molar-refractivity contribution in [3.63, 3.8) is 0 Å². The van der Waals surface area contributed by atoms with Crippen molar-refractivity contribution in [1.82, 2.24) is 5.32 Å². The number of amides is 2. The van der Waals surface area contributed by atoms with Crippen molar-refractivity contribution in [1.29, 1.82) is 0 Å². The Labute approximate surface area is 204 Å². The molecule has 3 aromatic rings. The number of nitrogens with zero attached hydrogens (tertiary/aromatic N) is 2. The Morgan fingerprint density at radius 2 is 1.69 bits per heavy atom. The molecule has 0 aliphatic carbocycles. The van der Waals surface area contributed by atoms with Crippen molar-refractivity contribution in [2.45, 2.75) is 24.8 Å². The Kier molecular flexibility index (Phi) is 5.76. The van der Waals surface area contributed by atoms with E-state index in [4.69, 9.17) is 0 Å². The highest BCUT2D eigenvalue weighted by molar-refractivity contribution is 6.09. The highest BCUT2D eigenvalue weighted by Gasteiger charge is 2.51. The number of carboxylic acid groups (broad SMARTS) is 1. The average Bonchev–Trinajstić information content (AvgIpc) is 3.09. The maximum Gasteiger partial charge on any atom is 0.335 e. The summed E-state index contributed by atoms with van der Waals surface area (Å²) in [6.45, 7) is 1.74. The van der Waals surface area contributed by atoms with Crippen LogP contribution in [0.1, 0.15) is 44.7 Å². The van der Waals surface area contributed by atoms with Crippen LogP contribution in [-0.2, 0) is 16.8 Å². The number of rotatable bonds is 5. The topological polar surface area (TPSA) is 90.0 Å². The van der Waals surface area contributed by atoms with Gasteiger partial charge in [-0.25, -0.2) is 4.79 Å². The molecule has 3 aromatic carbocycles. The Morgan fingerprint density at radius 1 is 0.943 bits per heavy atom. The number of carbonyl (C=O) groups excluding carboxylic acids is 2. The molecule has 0 unspecified atom stereocenters. The number of benzene rings is 3. The van der Waals surface area contributed by atoms with Crippen LogP contribution in [0.5, 0.6) is 0 Å². The number of fused-ring (bicyclic) bond motifs is 2. The van der Waals surface area contributed by atoms with E-state index in [1.807, 2.05) is 30.3 Å². The number of aromatic carboxylic acids is 1. The third kappa shape index (κ3) is 4.03. The fourth-order valence-corrected chi connectivity index (χ4v) is 5.27. The molecule has 0 radical (unpaired) electrons. The molecular formula is C28H27N3O4. The molecule has 7 heteroatoms. The summed E-state index contributed by atoms with van der Waals surface area (Å²) in [5.41, 5.74) is 3.68. The fraction of sp³-hybridized carbons (Fsp3) is 0.250. The lowest BCUT2D eigenvalue weighted by Gasteiger charge is -2.39. The molecule has 0 saturated carbocycles. The van der Waals surface area contributed by atoms with E-state index < -0.39 is 11.4 Å². The lowest BCUT2D eigenvalue weighted by atomic mass is 9.73. The minimum atomic E-state index is -1.01. The summed E-state index contributed by atoms with van der Waals surface area (Å²) < 4.78 is 0. The van der Waals surface area contributed by atoms with E-state index >= 15 is 0 Å². The van der Waals surface area contributed by atoms with Gasteiger partial charge in [-0.05, 0) is 66.4 Å². The number of piperidine rings is 1. The first-order valence-electron chi connectivity index (χ1n) is 11.7. The molecule has 2 N–H and O–H groups in total. The van der Waals surface area contributed by atoms with Crippen molar-refractivity contribution in [3.8, 4) is 0 Å². The molecule has 0 bridgehead atoms. The number of anilines is 2. The summed E-state index contributed by atoms with van der Waals surface area (Å²) in [5.74, 6) is -1.18. The second-order valence-electron chi connectivity index (χ2n) is 9.19. The van der Waals surface area contributed by atoms with Crippen LogP contribution in [0.3, 0.4) is 0 Å². The van der Waals surface area contributed by atoms with Crippen molar-refractivity contribution in [2.24, 2.45) is 0 Å². The molecule has 2 heterocycles. The van der Waals surface area contributed by atoms with E-state index in [2.05, 4.69) is 22.3 Å². The third-order valence-corrected chi connectivity index (χ3v) is 7.22. The third-order valence-electron chi connectivity index (χ3n) is 7.22. The number of hydrogen-bond donors (Lipinski definition) is 2. The highest BCUT2D eigenvalue weighted by atomic mass is 16.4. The van der Waals surface area contributed by atoms with Crippen LogP contribution in [0.25, 0.3) is 0 Å². The van der Waals surface area contributed by atoms with Gasteiger partial charge in [-0.2, -0.15) is 0 Å². The van der Waals surface area contributed by atoms with Crippen molar-refractivity contribution in [3.05, 3.63) is 95.1 Å². The van der Waals surface area contributed by atoms with E-state index in [9.17, 15) is 19.5 Å². The van der Waals surface area contributed by atoms with Crippen molar-refractivity contribution >= 4 is 29.2 Å². The van der Waals surface area contributed by atoms with Crippen LogP contribution < -0.4 is 15.1 Å². The fourth-order valence-electron chi connectivity index (χ4n) is 5.27. The number of para-hydroxylation sites is 1. The Morgan fingerprint density at radius 3 is 2.40 bits per heavy atom. The Balaban J connectivity index is 1.35. The molecule has 35 heavy (non-hydrogen) atoms. The summed E-state index contributed by atoms with van der Waals surface area (Å²) in [5, 5.41) is 12.1. The van der Waals surface area contributed by atoms with Crippen LogP contribution in [0, 0.1) is 0 Å². The van der Waals surface area contributed by atoms with E-state index in [0.29, 0.717) is 24.0 Å². The predicted molar refractivity (Wildman–Crippen MR) is 134 cm³/mol. The van der Waals surface area contributed by atoms with E-state index in [-0.39, 0.29) is 23.9 Å². The monoisotopic (exact) mass is 469 g/mol. The first-order valence-corrected chi connectivity index (χ1v) is 11.7. The number of likely N-dealkylation sites (N-methyl/N-ethyl adjacent to an activating group) is 1. The van der Waals surface area contributed by atoms with Gasteiger partial charge in [-0.3, -0.25) is 9.59 Å². The predicted octanol–water partition coefficient (Wildman–Crippen LogP) is 3.83. The molecule has 5 rings (SSSR count). The number of nitrogens with one attached hydrogen (secondary N) is 1. The van der Waals surface area contributed by atoms with E-state index in [0.717, 1.165) is 30.0 Å². The average molecular weight is 470 g/mol. The maximum atomic E-state index is 13.4. The first kappa shape index (κ1) is 22.7. The van der Waals surface area contributed by atoms with Crippen LogP contribution >= 0.6 is 0 Å². The molecule has 2 amide bonds. The quantitative estimate of drug-likeness (QED) is 0.593. The molecule has 2 aliphatic rings. The van der Waals surface area contributed by atoms with Gasteiger partial charge in [0.2, 0.25) is 5.91 Å². The van der Waals surface area contributed by atoms with Crippen molar-refractivity contribution in [2.75, 3.05) is 29.9 Å². The SMILES string of the molecule is CN1C(=O)C2(CCN(c3ccccc3)CC2)c2cc(C(=O)NCc3cccc(C(=O)O)c3)ccc21. The zero-order valence-corrected chi connectivity index (χ0v) is 19.5. The molecular weight excluding hydrogens is 442 g/mol. The molecule has 0 aromatic heterocycles. The molecule has 1 saturated heterocycles. The van der Waals surface area contributed by atoms with E-state index in [1.54, 1.807) is 36.2 Å². The standard InChI is InChI=1S/C28H27N3O4/c1-30-24-11-10-20(25(32)29-18-19-6-5-7-21(16-19)26(33)34)17-23(24)28(27(30)35)12-14-31(15-13-28)22-8-3-2-4-9-22/h2-11,16-17H,12-15,18H2,1H3,(H,29,32)(H,33,34). The second kappa shape index (κ2) is 8.91. The molecule has 1 fully saturated rings. The van der Waals surface area contributed by atoms with Gasteiger partial charge in [-0.15, -0.1) is 0 Å². The van der Waals surface area contributed by atoms with E-state index in [1.165, 1.54) is 6.07 Å². The lowest BCUT2D eigenvalue weighted by Crippen LogP contribution is -2.48. The minimum Gasteiger partial charge on any atom is -0.478 e. The number of carbonyl (C=O) groups is 3. The molecule has 0 atom stereocenters. The Hall–Kier alpha value is -4.13. The summed E-state index contributed by atoms with van der Waals surface area (Å²) >= 11 is 0. The molecule has 2 aliphatic heterocycles. The zero-order valence-electron chi connectivity index (χ0n) is 19.5.